The van der Waals surface area contributed by atoms with Crippen LogP contribution >= 0.6 is 0 Å². The van der Waals surface area contributed by atoms with Crippen molar-refractivity contribution in [3.63, 3.8) is 0 Å². The number of nitrogens with zero attached hydrogens (tertiary/aromatic N) is 2. The van der Waals surface area contributed by atoms with E-state index in [-0.39, 0.29) is 0 Å². The molecule has 0 unspecified atom stereocenters. The van der Waals surface area contributed by atoms with Crippen molar-refractivity contribution in [3.05, 3.63) is 42.1 Å². The zero-order valence-electron chi connectivity index (χ0n) is 15.0. The Labute approximate surface area is 148 Å². The van der Waals surface area contributed by atoms with Crippen molar-refractivity contribution in [3.8, 4) is 17.4 Å². The van der Waals surface area contributed by atoms with Crippen molar-refractivity contribution in [1.82, 2.24) is 10.3 Å². The van der Waals surface area contributed by atoms with E-state index < -0.39 is 0 Å². The van der Waals surface area contributed by atoms with Gasteiger partial charge in [-0.15, -0.1) is 0 Å². The minimum Gasteiger partial charge on any atom is -0.493 e. The summed E-state index contributed by atoms with van der Waals surface area (Å²) in [6.45, 7) is 3.11. The van der Waals surface area contributed by atoms with Crippen LogP contribution in [-0.2, 0) is 6.54 Å². The highest BCUT2D eigenvalue weighted by atomic mass is 16.5. The SMILES string of the molecule is CCOc1ccc(NC(=NC)NCc2ccc(OC)nc2)cc1OC. The Kier molecular flexibility index (Phi) is 6.88. The van der Waals surface area contributed by atoms with Gasteiger partial charge >= 0.3 is 0 Å². The molecule has 0 aliphatic heterocycles. The van der Waals surface area contributed by atoms with Gasteiger partial charge in [-0.05, 0) is 24.6 Å². The maximum atomic E-state index is 5.52. The predicted molar refractivity (Wildman–Crippen MR) is 98.8 cm³/mol. The third-order valence-electron chi connectivity index (χ3n) is 3.42. The van der Waals surface area contributed by atoms with Gasteiger partial charge in [0.25, 0.3) is 0 Å². The lowest BCUT2D eigenvalue weighted by atomic mass is 10.2. The lowest BCUT2D eigenvalue weighted by molar-refractivity contribution is 0.311. The Balaban J connectivity index is 1.99. The van der Waals surface area contributed by atoms with Gasteiger partial charge in [-0.3, -0.25) is 4.99 Å². The first-order chi connectivity index (χ1) is 12.2. The molecule has 134 valence electrons. The van der Waals surface area contributed by atoms with Crippen LogP contribution in [0.15, 0.2) is 41.5 Å². The number of benzene rings is 1. The first-order valence-electron chi connectivity index (χ1n) is 7.97. The van der Waals surface area contributed by atoms with Gasteiger partial charge in [-0.2, -0.15) is 0 Å². The Morgan fingerprint density at radius 3 is 2.56 bits per heavy atom. The number of nitrogens with one attached hydrogen (secondary N) is 2. The maximum absolute atomic E-state index is 5.52. The minimum atomic E-state index is 0.586. The summed E-state index contributed by atoms with van der Waals surface area (Å²) in [6.07, 6.45) is 1.76. The maximum Gasteiger partial charge on any atom is 0.212 e. The van der Waals surface area contributed by atoms with Gasteiger partial charge in [-0.1, -0.05) is 6.07 Å². The van der Waals surface area contributed by atoms with Crippen molar-refractivity contribution < 1.29 is 14.2 Å². The van der Waals surface area contributed by atoms with E-state index in [1.54, 1.807) is 27.5 Å². The van der Waals surface area contributed by atoms with E-state index in [1.807, 2.05) is 37.3 Å². The van der Waals surface area contributed by atoms with Crippen LogP contribution in [0, 0.1) is 0 Å². The Hall–Kier alpha value is -2.96. The molecule has 0 saturated carbocycles. The molecule has 0 spiro atoms. The fourth-order valence-corrected chi connectivity index (χ4v) is 2.16. The number of rotatable bonds is 7. The van der Waals surface area contributed by atoms with Crippen LogP contribution in [0.4, 0.5) is 5.69 Å². The molecule has 1 aromatic carbocycles. The highest BCUT2D eigenvalue weighted by molar-refractivity contribution is 5.93. The average molecular weight is 344 g/mol. The number of aromatic nitrogens is 1. The highest BCUT2D eigenvalue weighted by Gasteiger charge is 2.07. The highest BCUT2D eigenvalue weighted by Crippen LogP contribution is 2.30. The zero-order valence-corrected chi connectivity index (χ0v) is 15.0. The van der Waals surface area contributed by atoms with Gasteiger partial charge in [0.05, 0.1) is 20.8 Å². The lowest BCUT2D eigenvalue weighted by Crippen LogP contribution is -2.30. The molecule has 7 nitrogen and oxygen atoms in total. The van der Waals surface area contributed by atoms with Crippen LogP contribution in [-0.4, -0.2) is 38.8 Å². The number of anilines is 1. The number of hydrogen-bond donors (Lipinski definition) is 2. The summed E-state index contributed by atoms with van der Waals surface area (Å²) in [4.78, 5) is 8.41. The molecule has 0 fully saturated rings. The molecule has 0 radical (unpaired) electrons. The first-order valence-corrected chi connectivity index (χ1v) is 7.97. The van der Waals surface area contributed by atoms with E-state index in [4.69, 9.17) is 14.2 Å². The molecular weight excluding hydrogens is 320 g/mol. The molecule has 2 rings (SSSR count). The third-order valence-corrected chi connectivity index (χ3v) is 3.42. The molecule has 0 aliphatic rings. The number of aliphatic imine (C=N–C) groups is 1. The summed E-state index contributed by atoms with van der Waals surface area (Å²) in [5, 5.41) is 6.46. The van der Waals surface area contributed by atoms with Gasteiger partial charge in [-0.25, -0.2) is 4.98 Å². The average Bonchev–Trinajstić information content (AvgIpc) is 2.66. The van der Waals surface area contributed by atoms with Gasteiger partial charge in [0.15, 0.2) is 17.5 Å². The number of pyridine rings is 1. The second-order valence-corrected chi connectivity index (χ2v) is 5.06. The molecule has 1 heterocycles. The Bertz CT molecular complexity index is 702. The second kappa shape index (κ2) is 9.36. The molecule has 7 heteroatoms. The Morgan fingerprint density at radius 1 is 1.12 bits per heavy atom. The number of hydrogen-bond acceptors (Lipinski definition) is 5. The van der Waals surface area contributed by atoms with E-state index in [0.29, 0.717) is 36.5 Å². The van der Waals surface area contributed by atoms with E-state index in [2.05, 4.69) is 20.6 Å². The monoisotopic (exact) mass is 344 g/mol. The molecule has 25 heavy (non-hydrogen) atoms. The second-order valence-electron chi connectivity index (χ2n) is 5.06. The third kappa shape index (κ3) is 5.27. The van der Waals surface area contributed by atoms with Gasteiger partial charge in [0.1, 0.15) is 0 Å². The van der Waals surface area contributed by atoms with Crippen molar-refractivity contribution in [2.75, 3.05) is 33.2 Å². The summed E-state index contributed by atoms with van der Waals surface area (Å²) < 4.78 is 15.9. The fraction of sp³-hybridized carbons (Fsp3) is 0.333. The topological polar surface area (TPSA) is 77.0 Å². The van der Waals surface area contributed by atoms with Gasteiger partial charge in [0.2, 0.25) is 5.88 Å². The first kappa shape index (κ1) is 18.4. The van der Waals surface area contributed by atoms with Crippen LogP contribution in [0.5, 0.6) is 17.4 Å². The zero-order chi connectivity index (χ0) is 18.1. The predicted octanol–water partition coefficient (Wildman–Crippen LogP) is 2.69. The Morgan fingerprint density at radius 2 is 1.96 bits per heavy atom. The quantitative estimate of drug-likeness (QED) is 0.594. The molecular formula is C18H24N4O3. The molecule has 2 aromatic rings. The lowest BCUT2D eigenvalue weighted by Gasteiger charge is -2.14. The number of methoxy groups -OCH3 is 2. The summed E-state index contributed by atoms with van der Waals surface area (Å²) in [6, 6.07) is 9.42. The summed E-state index contributed by atoms with van der Waals surface area (Å²) in [5.41, 5.74) is 1.87. The van der Waals surface area contributed by atoms with E-state index >= 15 is 0 Å². The van der Waals surface area contributed by atoms with Gasteiger partial charge in [0, 0.05) is 37.6 Å². The van der Waals surface area contributed by atoms with E-state index in [0.717, 1.165) is 11.3 Å². The summed E-state index contributed by atoms with van der Waals surface area (Å²) in [7, 11) is 4.93. The molecule has 2 N–H and O–H groups in total. The molecule has 0 aliphatic carbocycles. The molecule has 1 aromatic heterocycles. The van der Waals surface area contributed by atoms with Crippen LogP contribution < -0.4 is 24.8 Å². The van der Waals surface area contributed by atoms with Crippen molar-refractivity contribution in [2.45, 2.75) is 13.5 Å². The molecule has 0 bridgehead atoms. The smallest absolute Gasteiger partial charge is 0.212 e. The van der Waals surface area contributed by atoms with Crippen LogP contribution in [0.1, 0.15) is 12.5 Å². The summed E-state index contributed by atoms with van der Waals surface area (Å²) >= 11 is 0. The number of guanidine groups is 1. The molecule has 0 amide bonds. The van der Waals surface area contributed by atoms with Crippen LogP contribution in [0.25, 0.3) is 0 Å². The van der Waals surface area contributed by atoms with E-state index in [1.165, 1.54) is 0 Å². The number of ether oxygens (including phenoxy) is 3. The minimum absolute atomic E-state index is 0.586. The van der Waals surface area contributed by atoms with Crippen LogP contribution in [0.2, 0.25) is 0 Å². The van der Waals surface area contributed by atoms with E-state index in [9.17, 15) is 0 Å². The largest absolute Gasteiger partial charge is 0.493 e. The fourth-order valence-electron chi connectivity index (χ4n) is 2.16. The van der Waals surface area contributed by atoms with Crippen molar-refractivity contribution in [2.24, 2.45) is 4.99 Å². The normalized spacial score (nSPS) is 11.0. The molecule has 0 atom stereocenters. The molecule has 0 saturated heterocycles. The van der Waals surface area contributed by atoms with Crippen molar-refractivity contribution >= 4 is 11.6 Å². The summed E-state index contributed by atoms with van der Waals surface area (Å²) in [5.74, 6) is 2.61. The van der Waals surface area contributed by atoms with Crippen molar-refractivity contribution in [1.29, 1.82) is 0 Å². The standard InChI is InChI=1S/C18H24N4O3/c1-5-25-15-8-7-14(10-16(15)23-3)22-18(19-2)21-12-13-6-9-17(24-4)20-11-13/h6-11H,5,12H2,1-4H3,(H2,19,21,22). The van der Waals surface area contributed by atoms with Crippen LogP contribution in [0.3, 0.4) is 0 Å². The van der Waals surface area contributed by atoms with Gasteiger partial charge < -0.3 is 24.8 Å².